The van der Waals surface area contributed by atoms with Gasteiger partial charge in [0, 0.05) is 30.9 Å². The molecule has 9 nitrogen and oxygen atoms in total. The highest BCUT2D eigenvalue weighted by molar-refractivity contribution is 5.77. The molecule has 4 heterocycles. The second-order valence-electron chi connectivity index (χ2n) is 9.32. The summed E-state index contributed by atoms with van der Waals surface area (Å²) in [5, 5.41) is 5.51. The summed E-state index contributed by atoms with van der Waals surface area (Å²) >= 11 is 0. The molecule has 36 heavy (non-hydrogen) atoms. The minimum Gasteiger partial charge on any atom is -0.480 e. The third-order valence-corrected chi connectivity index (χ3v) is 6.87. The second kappa shape index (κ2) is 8.82. The molecule has 1 aliphatic carbocycles. The van der Waals surface area contributed by atoms with Gasteiger partial charge in [-0.15, -0.1) is 0 Å². The van der Waals surface area contributed by atoms with Crippen molar-refractivity contribution in [1.82, 2.24) is 39.3 Å². The van der Waals surface area contributed by atoms with Gasteiger partial charge in [0.15, 0.2) is 11.5 Å². The molecule has 182 valence electrons. The summed E-state index contributed by atoms with van der Waals surface area (Å²) in [4.78, 5) is 23.1. The van der Waals surface area contributed by atoms with E-state index in [2.05, 4.69) is 55.9 Å². The van der Waals surface area contributed by atoms with E-state index in [9.17, 15) is 0 Å². The van der Waals surface area contributed by atoms with Crippen LogP contribution in [-0.2, 0) is 20.0 Å². The van der Waals surface area contributed by atoms with E-state index in [-0.39, 0.29) is 0 Å². The number of benzene rings is 1. The lowest BCUT2D eigenvalue weighted by molar-refractivity contribution is 0.397. The Kier molecular flexibility index (Phi) is 5.47. The molecule has 0 atom stereocenters. The number of rotatable bonds is 7. The van der Waals surface area contributed by atoms with E-state index in [1.165, 1.54) is 11.1 Å². The number of hydrogen-bond acceptors (Lipinski definition) is 7. The number of ether oxygens (including phenoxy) is 1. The zero-order valence-corrected chi connectivity index (χ0v) is 20.9. The average molecular weight is 481 g/mol. The van der Waals surface area contributed by atoms with Crippen molar-refractivity contribution in [3.05, 3.63) is 65.8 Å². The van der Waals surface area contributed by atoms with Crippen molar-refractivity contribution >= 4 is 11.0 Å². The van der Waals surface area contributed by atoms with Crippen LogP contribution in [0.1, 0.15) is 48.3 Å². The van der Waals surface area contributed by atoms with E-state index in [1.54, 1.807) is 13.4 Å². The second-order valence-corrected chi connectivity index (χ2v) is 9.32. The largest absolute Gasteiger partial charge is 0.480 e. The standard InChI is InChI=1S/C27H28N8O/c1-5-18-10-17(6-9-21(18)22-14-34(3)16(2)32-22)13-35-26-20(12-31-35)11-28-25(33-26)23-24(19-7-8-19)29-15-30-27(23)36-4/h6,9-12,14-15,19H,5,7-8,13H2,1-4H3. The molecular weight excluding hydrogens is 452 g/mol. The molecule has 6 rings (SSSR count). The lowest BCUT2D eigenvalue weighted by Crippen LogP contribution is -2.06. The van der Waals surface area contributed by atoms with Crippen LogP contribution in [0.2, 0.25) is 0 Å². The van der Waals surface area contributed by atoms with Crippen LogP contribution in [0.4, 0.5) is 0 Å². The van der Waals surface area contributed by atoms with Crippen molar-refractivity contribution in [3.8, 4) is 28.5 Å². The first-order valence-corrected chi connectivity index (χ1v) is 12.3. The number of hydrogen-bond donors (Lipinski definition) is 0. The Morgan fingerprint density at radius 2 is 1.94 bits per heavy atom. The summed E-state index contributed by atoms with van der Waals surface area (Å²) in [5.41, 5.74) is 7.11. The molecule has 0 amide bonds. The van der Waals surface area contributed by atoms with Gasteiger partial charge in [-0.1, -0.05) is 25.1 Å². The van der Waals surface area contributed by atoms with Crippen molar-refractivity contribution in [2.24, 2.45) is 7.05 Å². The highest BCUT2D eigenvalue weighted by Crippen LogP contribution is 2.44. The lowest BCUT2D eigenvalue weighted by Gasteiger charge is -2.11. The topological polar surface area (TPSA) is 96.4 Å². The van der Waals surface area contributed by atoms with Crippen LogP contribution in [0.3, 0.4) is 0 Å². The predicted molar refractivity (Wildman–Crippen MR) is 137 cm³/mol. The lowest BCUT2D eigenvalue weighted by atomic mass is 10.00. The van der Waals surface area contributed by atoms with Gasteiger partial charge in [0.05, 0.1) is 36.6 Å². The van der Waals surface area contributed by atoms with Crippen molar-refractivity contribution in [2.45, 2.75) is 45.6 Å². The molecule has 4 aromatic heterocycles. The summed E-state index contributed by atoms with van der Waals surface area (Å²) in [7, 11) is 3.64. The van der Waals surface area contributed by atoms with Crippen LogP contribution in [0.25, 0.3) is 33.7 Å². The van der Waals surface area contributed by atoms with E-state index in [0.29, 0.717) is 24.2 Å². The molecule has 0 saturated heterocycles. The number of aryl methyl sites for hydroxylation is 3. The maximum Gasteiger partial charge on any atom is 0.227 e. The van der Waals surface area contributed by atoms with Crippen LogP contribution in [-0.4, -0.2) is 46.4 Å². The van der Waals surface area contributed by atoms with E-state index < -0.39 is 0 Å². The first-order chi connectivity index (χ1) is 17.6. The van der Waals surface area contributed by atoms with Crippen molar-refractivity contribution in [2.75, 3.05) is 7.11 Å². The predicted octanol–water partition coefficient (Wildman–Crippen LogP) is 4.49. The molecule has 0 radical (unpaired) electrons. The Morgan fingerprint density at radius 1 is 1.08 bits per heavy atom. The van der Waals surface area contributed by atoms with E-state index in [0.717, 1.165) is 58.6 Å². The first-order valence-electron chi connectivity index (χ1n) is 12.3. The minimum atomic E-state index is 0.412. The van der Waals surface area contributed by atoms with E-state index in [4.69, 9.17) is 14.7 Å². The van der Waals surface area contributed by atoms with Crippen molar-refractivity contribution < 1.29 is 4.74 Å². The Bertz CT molecular complexity index is 1560. The molecule has 9 heteroatoms. The van der Waals surface area contributed by atoms with Gasteiger partial charge in [-0.25, -0.2) is 29.6 Å². The fourth-order valence-electron chi connectivity index (χ4n) is 4.67. The molecule has 0 aliphatic heterocycles. The van der Waals surface area contributed by atoms with Gasteiger partial charge < -0.3 is 9.30 Å². The smallest absolute Gasteiger partial charge is 0.227 e. The summed E-state index contributed by atoms with van der Waals surface area (Å²) in [6, 6.07) is 6.55. The molecule has 1 saturated carbocycles. The molecule has 1 aromatic carbocycles. The van der Waals surface area contributed by atoms with Gasteiger partial charge in [-0.3, -0.25) is 0 Å². The van der Waals surface area contributed by atoms with Crippen LogP contribution in [0.15, 0.2) is 43.1 Å². The van der Waals surface area contributed by atoms with Gasteiger partial charge in [0.2, 0.25) is 5.88 Å². The van der Waals surface area contributed by atoms with Gasteiger partial charge in [0.1, 0.15) is 17.7 Å². The third-order valence-electron chi connectivity index (χ3n) is 6.87. The Hall–Kier alpha value is -4.14. The fourth-order valence-corrected chi connectivity index (χ4v) is 4.67. The Labute approximate surface area is 209 Å². The van der Waals surface area contributed by atoms with Crippen molar-refractivity contribution in [3.63, 3.8) is 0 Å². The summed E-state index contributed by atoms with van der Waals surface area (Å²) in [5.74, 6) is 2.49. The van der Waals surface area contributed by atoms with E-state index >= 15 is 0 Å². The van der Waals surface area contributed by atoms with E-state index in [1.807, 2.05) is 31.0 Å². The molecule has 0 unspecified atom stereocenters. The minimum absolute atomic E-state index is 0.412. The summed E-state index contributed by atoms with van der Waals surface area (Å²) < 4.78 is 9.54. The van der Waals surface area contributed by atoms with Gasteiger partial charge in [0.25, 0.3) is 0 Å². The Morgan fingerprint density at radius 3 is 2.67 bits per heavy atom. The number of fused-ring (bicyclic) bond motifs is 1. The normalized spacial score (nSPS) is 13.4. The maximum atomic E-state index is 5.56. The molecular formula is C27H28N8O. The number of nitrogens with zero attached hydrogens (tertiary/aromatic N) is 8. The highest BCUT2D eigenvalue weighted by atomic mass is 16.5. The molecule has 1 fully saturated rings. The number of imidazole rings is 1. The van der Waals surface area contributed by atoms with Crippen LogP contribution < -0.4 is 4.74 Å². The first kappa shape index (κ1) is 22.3. The van der Waals surface area contributed by atoms with Crippen LogP contribution in [0.5, 0.6) is 5.88 Å². The summed E-state index contributed by atoms with van der Waals surface area (Å²) in [6.07, 6.45) is 10.4. The summed E-state index contributed by atoms with van der Waals surface area (Å²) in [6.45, 7) is 4.80. The number of methoxy groups -OCH3 is 1. The van der Waals surface area contributed by atoms with Crippen molar-refractivity contribution in [1.29, 1.82) is 0 Å². The van der Waals surface area contributed by atoms with Gasteiger partial charge in [-0.2, -0.15) is 5.10 Å². The van der Waals surface area contributed by atoms with Gasteiger partial charge in [-0.05, 0) is 37.3 Å². The van der Waals surface area contributed by atoms with Gasteiger partial charge >= 0.3 is 0 Å². The zero-order chi connectivity index (χ0) is 24.8. The quantitative estimate of drug-likeness (QED) is 0.339. The van der Waals surface area contributed by atoms with Crippen LogP contribution >= 0.6 is 0 Å². The SMILES string of the molecule is CCc1cc(Cn2ncc3cnc(-c4c(OC)ncnc4C4CC4)nc32)ccc1-c1cn(C)c(C)n1. The highest BCUT2D eigenvalue weighted by Gasteiger charge is 2.31. The molecule has 0 bridgehead atoms. The monoisotopic (exact) mass is 480 g/mol. The third kappa shape index (κ3) is 3.90. The molecule has 0 N–H and O–H groups in total. The van der Waals surface area contributed by atoms with Crippen LogP contribution in [0, 0.1) is 6.92 Å². The molecule has 1 aliphatic rings. The zero-order valence-electron chi connectivity index (χ0n) is 20.9. The average Bonchev–Trinajstić information content (AvgIpc) is 3.60. The molecule has 5 aromatic rings. The Balaban J connectivity index is 1.37. The number of aromatic nitrogens is 8. The fraction of sp³-hybridized carbons (Fsp3) is 0.333. The molecule has 0 spiro atoms. The maximum absolute atomic E-state index is 5.56.